The fourth-order valence-electron chi connectivity index (χ4n) is 4.47. The third-order valence-electron chi connectivity index (χ3n) is 6.70. The maximum Gasteiger partial charge on any atom is 0.258 e. The first-order chi connectivity index (χ1) is 17.6. The molecule has 1 fully saturated rings. The Morgan fingerprint density at radius 3 is 2.27 bits per heavy atom. The van der Waals surface area contributed by atoms with Crippen molar-refractivity contribution >= 4 is 27.3 Å². The summed E-state index contributed by atoms with van der Waals surface area (Å²) in [5.41, 5.74) is 1.03. The van der Waals surface area contributed by atoms with Crippen molar-refractivity contribution in [3.8, 4) is 0 Å². The van der Waals surface area contributed by atoms with Crippen molar-refractivity contribution < 1.29 is 26.8 Å². The lowest BCUT2D eigenvalue weighted by Crippen LogP contribution is -2.50. The molecule has 3 aromatic carbocycles. The molecule has 2 N–H and O–H groups in total. The number of rotatable bonds is 9. The topological polar surface area (TPSA) is 92.3 Å². The SMILES string of the molecule is CS(=O)(=O)c1ccc(F)c(C(=O)Nc2ccc(C3(NC(=O)CCCc4ccccc4F)CCC3)cc2)c1. The van der Waals surface area contributed by atoms with Gasteiger partial charge >= 0.3 is 0 Å². The molecule has 6 nitrogen and oxygen atoms in total. The number of halogens is 2. The van der Waals surface area contributed by atoms with Gasteiger partial charge in [-0.3, -0.25) is 9.59 Å². The van der Waals surface area contributed by atoms with Crippen LogP contribution in [0.15, 0.2) is 71.6 Å². The van der Waals surface area contributed by atoms with Crippen LogP contribution in [0.25, 0.3) is 0 Å². The molecule has 194 valence electrons. The van der Waals surface area contributed by atoms with Gasteiger partial charge in [-0.2, -0.15) is 0 Å². The lowest BCUT2D eigenvalue weighted by atomic mass is 9.71. The van der Waals surface area contributed by atoms with Gasteiger partial charge in [-0.05, 0) is 79.6 Å². The number of anilines is 1. The fraction of sp³-hybridized carbons (Fsp3) is 0.286. The number of aryl methyl sites for hydroxylation is 1. The van der Waals surface area contributed by atoms with Crippen molar-refractivity contribution in [2.75, 3.05) is 11.6 Å². The van der Waals surface area contributed by atoms with Gasteiger partial charge < -0.3 is 10.6 Å². The Hall–Kier alpha value is -3.59. The van der Waals surface area contributed by atoms with Crippen molar-refractivity contribution in [3.05, 3.63) is 95.1 Å². The van der Waals surface area contributed by atoms with Gasteiger partial charge in [-0.15, -0.1) is 0 Å². The normalized spacial score (nSPS) is 14.5. The Labute approximate surface area is 215 Å². The summed E-state index contributed by atoms with van der Waals surface area (Å²) in [6.07, 6.45) is 4.80. The molecule has 0 spiro atoms. The average Bonchev–Trinajstić information content (AvgIpc) is 2.83. The van der Waals surface area contributed by atoms with Crippen molar-refractivity contribution in [1.29, 1.82) is 0 Å². The fourth-order valence-corrected chi connectivity index (χ4v) is 5.11. The largest absolute Gasteiger partial charge is 0.347 e. The van der Waals surface area contributed by atoms with Gasteiger partial charge in [0.25, 0.3) is 5.91 Å². The number of carbonyl (C=O) groups excluding carboxylic acids is 2. The van der Waals surface area contributed by atoms with Gasteiger partial charge in [0.15, 0.2) is 9.84 Å². The second-order valence-corrected chi connectivity index (χ2v) is 11.4. The molecule has 1 saturated carbocycles. The highest BCUT2D eigenvalue weighted by atomic mass is 32.2. The second kappa shape index (κ2) is 10.8. The summed E-state index contributed by atoms with van der Waals surface area (Å²) in [5, 5.41) is 5.72. The van der Waals surface area contributed by atoms with Gasteiger partial charge in [0.05, 0.1) is 16.0 Å². The highest BCUT2D eigenvalue weighted by Gasteiger charge is 2.39. The quantitative estimate of drug-likeness (QED) is 0.378. The zero-order valence-corrected chi connectivity index (χ0v) is 21.2. The molecule has 1 aliphatic carbocycles. The van der Waals surface area contributed by atoms with E-state index in [1.54, 1.807) is 42.5 Å². The van der Waals surface area contributed by atoms with E-state index in [9.17, 15) is 26.8 Å². The molecule has 0 atom stereocenters. The molecule has 4 rings (SSSR count). The van der Waals surface area contributed by atoms with Crippen LogP contribution in [0.1, 0.15) is 53.6 Å². The Bertz CT molecular complexity index is 1420. The molecule has 0 radical (unpaired) electrons. The molecular formula is C28H28F2N2O4S. The van der Waals surface area contributed by atoms with Crippen LogP contribution in [0.5, 0.6) is 0 Å². The van der Waals surface area contributed by atoms with Gasteiger partial charge in [0, 0.05) is 18.4 Å². The summed E-state index contributed by atoms with van der Waals surface area (Å²) >= 11 is 0. The number of benzene rings is 3. The van der Waals surface area contributed by atoms with Crippen molar-refractivity contribution in [1.82, 2.24) is 5.32 Å². The van der Waals surface area contributed by atoms with E-state index in [1.165, 1.54) is 6.07 Å². The summed E-state index contributed by atoms with van der Waals surface area (Å²) in [6, 6.07) is 16.6. The standard InChI is InChI=1S/C28H28F2N2O4S/c1-37(35,36)22-14-15-25(30)23(18-22)27(34)31-21-12-10-20(11-13-21)28(16-5-17-28)32-26(33)9-4-7-19-6-2-3-8-24(19)29/h2-3,6,8,10-15,18H,4-5,7,9,16-17H2,1H3,(H,31,34)(H,32,33). The first-order valence-electron chi connectivity index (χ1n) is 12.0. The maximum absolute atomic E-state index is 14.2. The average molecular weight is 527 g/mol. The van der Waals surface area contributed by atoms with E-state index in [4.69, 9.17) is 0 Å². The van der Waals surface area contributed by atoms with Crippen LogP contribution in [-0.4, -0.2) is 26.5 Å². The van der Waals surface area contributed by atoms with Gasteiger partial charge in [-0.1, -0.05) is 30.3 Å². The Kier molecular flexibility index (Phi) is 7.73. The maximum atomic E-state index is 14.2. The van der Waals surface area contributed by atoms with Crippen molar-refractivity contribution in [2.45, 2.75) is 49.0 Å². The van der Waals surface area contributed by atoms with E-state index in [0.29, 0.717) is 24.1 Å². The minimum absolute atomic E-state index is 0.102. The number of hydrogen-bond donors (Lipinski definition) is 2. The van der Waals surface area contributed by atoms with E-state index in [-0.39, 0.29) is 28.6 Å². The molecule has 0 heterocycles. The third-order valence-corrected chi connectivity index (χ3v) is 7.81. The summed E-state index contributed by atoms with van der Waals surface area (Å²) in [7, 11) is -3.60. The highest BCUT2D eigenvalue weighted by Crippen LogP contribution is 2.41. The molecule has 37 heavy (non-hydrogen) atoms. The minimum Gasteiger partial charge on any atom is -0.347 e. The van der Waals surface area contributed by atoms with E-state index in [0.717, 1.165) is 49.3 Å². The zero-order valence-electron chi connectivity index (χ0n) is 20.4. The zero-order chi connectivity index (χ0) is 26.6. The lowest BCUT2D eigenvalue weighted by molar-refractivity contribution is -0.124. The smallest absolute Gasteiger partial charge is 0.258 e. The number of hydrogen-bond acceptors (Lipinski definition) is 4. The first-order valence-corrected chi connectivity index (χ1v) is 13.9. The van der Waals surface area contributed by atoms with Gasteiger partial charge in [0.1, 0.15) is 11.6 Å². The lowest BCUT2D eigenvalue weighted by Gasteiger charge is -2.43. The van der Waals surface area contributed by atoms with E-state index >= 15 is 0 Å². The minimum atomic E-state index is -3.60. The van der Waals surface area contributed by atoms with Crippen LogP contribution in [0.3, 0.4) is 0 Å². The molecule has 0 aliphatic heterocycles. The predicted octanol–water partition coefficient (Wildman–Crippen LogP) is 5.14. The second-order valence-electron chi connectivity index (χ2n) is 9.37. The van der Waals surface area contributed by atoms with Crippen LogP contribution in [0.2, 0.25) is 0 Å². The van der Waals surface area contributed by atoms with Crippen LogP contribution in [0.4, 0.5) is 14.5 Å². The first kappa shape index (κ1) is 26.5. The summed E-state index contributed by atoms with van der Waals surface area (Å²) < 4.78 is 51.5. The number of amides is 2. The van der Waals surface area contributed by atoms with Crippen molar-refractivity contribution in [3.63, 3.8) is 0 Å². The van der Waals surface area contributed by atoms with Crippen LogP contribution < -0.4 is 10.6 Å². The molecule has 0 bridgehead atoms. The number of carbonyl (C=O) groups is 2. The molecule has 0 unspecified atom stereocenters. The predicted molar refractivity (Wildman–Crippen MR) is 137 cm³/mol. The van der Waals surface area contributed by atoms with Gasteiger partial charge in [0.2, 0.25) is 5.91 Å². The van der Waals surface area contributed by atoms with E-state index < -0.39 is 27.1 Å². The highest BCUT2D eigenvalue weighted by molar-refractivity contribution is 7.90. The van der Waals surface area contributed by atoms with Crippen LogP contribution in [-0.2, 0) is 26.6 Å². The molecular weight excluding hydrogens is 498 g/mol. The Balaban J connectivity index is 1.38. The molecule has 1 aliphatic rings. The summed E-state index contributed by atoms with van der Waals surface area (Å²) in [5.74, 6) is -1.96. The van der Waals surface area contributed by atoms with Crippen molar-refractivity contribution in [2.24, 2.45) is 0 Å². The Morgan fingerprint density at radius 1 is 0.946 bits per heavy atom. The van der Waals surface area contributed by atoms with Crippen LogP contribution in [0, 0.1) is 11.6 Å². The van der Waals surface area contributed by atoms with Gasteiger partial charge in [-0.25, -0.2) is 17.2 Å². The molecule has 3 aromatic rings. The monoisotopic (exact) mass is 526 g/mol. The Morgan fingerprint density at radius 2 is 1.65 bits per heavy atom. The molecule has 9 heteroatoms. The van der Waals surface area contributed by atoms with Crippen LogP contribution >= 0.6 is 0 Å². The molecule has 2 amide bonds. The van der Waals surface area contributed by atoms with E-state index in [1.807, 2.05) is 0 Å². The summed E-state index contributed by atoms with van der Waals surface area (Å²) in [6.45, 7) is 0. The summed E-state index contributed by atoms with van der Waals surface area (Å²) in [4.78, 5) is 25.1. The number of nitrogens with one attached hydrogen (secondary N) is 2. The third kappa shape index (κ3) is 6.22. The van der Waals surface area contributed by atoms with E-state index in [2.05, 4.69) is 10.6 Å². The number of sulfone groups is 1. The molecule has 0 saturated heterocycles. The molecule has 0 aromatic heterocycles.